The topological polar surface area (TPSA) is 84.4 Å². The maximum Gasteiger partial charge on any atom is 0.273 e. The van der Waals surface area contributed by atoms with Gasteiger partial charge in [-0.3, -0.25) is 19.5 Å². The van der Waals surface area contributed by atoms with Crippen LogP contribution in [-0.2, 0) is 16.1 Å². The van der Waals surface area contributed by atoms with Crippen LogP contribution in [0.5, 0.6) is 0 Å². The molecule has 1 N–H and O–H groups in total. The Morgan fingerprint density at radius 3 is 2.78 bits per heavy atom. The molecule has 23 heavy (non-hydrogen) atoms. The standard InChI is InChI=1S/C16H19N3O4/c1-2-11-9-18(7-8-23-11)14(20)10-19-16(22)13-6-4-3-5-12(13)15(21)17-19/h3-6,11H,2,7-10H2,1H3,(H,17,21). The zero-order chi connectivity index (χ0) is 16.4. The van der Waals surface area contributed by atoms with E-state index in [9.17, 15) is 14.4 Å². The first-order valence-corrected chi connectivity index (χ1v) is 7.71. The maximum absolute atomic E-state index is 12.4. The largest absolute Gasteiger partial charge is 0.375 e. The number of carbonyl (C=O) groups is 1. The van der Waals surface area contributed by atoms with Gasteiger partial charge in [0.05, 0.1) is 23.5 Å². The summed E-state index contributed by atoms with van der Waals surface area (Å²) in [5.41, 5.74) is -0.740. The molecule has 1 amide bonds. The van der Waals surface area contributed by atoms with Crippen molar-refractivity contribution in [3.63, 3.8) is 0 Å². The minimum atomic E-state index is -0.374. The van der Waals surface area contributed by atoms with Crippen LogP contribution in [0.3, 0.4) is 0 Å². The van der Waals surface area contributed by atoms with Crippen LogP contribution in [0.1, 0.15) is 13.3 Å². The normalized spacial score (nSPS) is 18.3. The summed E-state index contributed by atoms with van der Waals surface area (Å²) in [6.07, 6.45) is 0.858. The molecule has 0 radical (unpaired) electrons. The Morgan fingerprint density at radius 2 is 2.04 bits per heavy atom. The molecule has 1 saturated heterocycles. The van der Waals surface area contributed by atoms with Gasteiger partial charge in [-0.05, 0) is 18.6 Å². The summed E-state index contributed by atoms with van der Waals surface area (Å²) in [5, 5.41) is 3.13. The van der Waals surface area contributed by atoms with Gasteiger partial charge in [0.1, 0.15) is 6.54 Å². The molecule has 122 valence electrons. The smallest absolute Gasteiger partial charge is 0.273 e. The van der Waals surface area contributed by atoms with Crippen molar-refractivity contribution in [1.29, 1.82) is 0 Å². The van der Waals surface area contributed by atoms with E-state index in [1.54, 1.807) is 29.2 Å². The van der Waals surface area contributed by atoms with Crippen molar-refractivity contribution in [1.82, 2.24) is 14.7 Å². The van der Waals surface area contributed by atoms with Crippen LogP contribution >= 0.6 is 0 Å². The van der Waals surface area contributed by atoms with Gasteiger partial charge in [-0.15, -0.1) is 0 Å². The zero-order valence-corrected chi connectivity index (χ0v) is 12.9. The first-order chi connectivity index (χ1) is 11.1. The van der Waals surface area contributed by atoms with E-state index in [1.807, 2.05) is 6.92 Å². The molecule has 1 aliphatic rings. The third-order valence-corrected chi connectivity index (χ3v) is 4.12. The van der Waals surface area contributed by atoms with E-state index in [-0.39, 0.29) is 29.7 Å². The van der Waals surface area contributed by atoms with Gasteiger partial charge in [-0.1, -0.05) is 19.1 Å². The molecule has 0 bridgehead atoms. The minimum Gasteiger partial charge on any atom is -0.375 e. The van der Waals surface area contributed by atoms with Gasteiger partial charge in [-0.25, -0.2) is 4.68 Å². The quantitative estimate of drug-likeness (QED) is 0.884. The van der Waals surface area contributed by atoms with Crippen LogP contribution < -0.4 is 11.1 Å². The molecule has 1 fully saturated rings. The number of amides is 1. The fourth-order valence-corrected chi connectivity index (χ4v) is 2.79. The Hall–Kier alpha value is -2.41. The predicted molar refractivity (Wildman–Crippen MR) is 85.4 cm³/mol. The first kappa shape index (κ1) is 15.5. The van der Waals surface area contributed by atoms with Crippen molar-refractivity contribution in [2.45, 2.75) is 26.0 Å². The number of fused-ring (bicyclic) bond motifs is 1. The van der Waals surface area contributed by atoms with Gasteiger partial charge < -0.3 is 9.64 Å². The molecular formula is C16H19N3O4. The molecule has 1 unspecified atom stereocenters. The summed E-state index contributed by atoms with van der Waals surface area (Å²) in [4.78, 5) is 38.6. The van der Waals surface area contributed by atoms with E-state index in [4.69, 9.17) is 4.74 Å². The van der Waals surface area contributed by atoms with Crippen molar-refractivity contribution in [3.8, 4) is 0 Å². The lowest BCUT2D eigenvalue weighted by Gasteiger charge is -2.32. The highest BCUT2D eigenvalue weighted by Gasteiger charge is 2.23. The van der Waals surface area contributed by atoms with Crippen LogP contribution in [-0.4, -0.2) is 46.4 Å². The van der Waals surface area contributed by atoms with E-state index in [2.05, 4.69) is 5.10 Å². The second-order valence-electron chi connectivity index (χ2n) is 5.62. The summed E-state index contributed by atoms with van der Waals surface area (Å²) >= 11 is 0. The average Bonchev–Trinajstić information content (AvgIpc) is 2.59. The average molecular weight is 317 g/mol. The Morgan fingerprint density at radius 1 is 1.30 bits per heavy atom. The Bertz CT molecular complexity index is 839. The van der Waals surface area contributed by atoms with Crippen molar-refractivity contribution in [2.75, 3.05) is 19.7 Å². The van der Waals surface area contributed by atoms with Crippen LogP contribution in [0.4, 0.5) is 0 Å². The van der Waals surface area contributed by atoms with Crippen molar-refractivity contribution in [3.05, 3.63) is 45.0 Å². The number of aromatic nitrogens is 2. The molecule has 0 aliphatic carbocycles. The van der Waals surface area contributed by atoms with Gasteiger partial charge in [0.2, 0.25) is 5.91 Å². The van der Waals surface area contributed by atoms with Crippen molar-refractivity contribution >= 4 is 16.7 Å². The van der Waals surface area contributed by atoms with Crippen LogP contribution in [0.2, 0.25) is 0 Å². The van der Waals surface area contributed by atoms with Crippen LogP contribution in [0.25, 0.3) is 10.8 Å². The number of hydrogen-bond acceptors (Lipinski definition) is 4. The van der Waals surface area contributed by atoms with Crippen molar-refractivity contribution in [2.24, 2.45) is 0 Å². The van der Waals surface area contributed by atoms with Crippen molar-refractivity contribution < 1.29 is 9.53 Å². The van der Waals surface area contributed by atoms with E-state index in [0.717, 1.165) is 11.1 Å². The molecule has 7 heteroatoms. The Kier molecular flexibility index (Phi) is 4.29. The van der Waals surface area contributed by atoms with E-state index < -0.39 is 0 Å². The molecule has 0 saturated carbocycles. The highest BCUT2D eigenvalue weighted by molar-refractivity contribution is 5.81. The fraction of sp³-hybridized carbons (Fsp3) is 0.438. The molecule has 0 spiro atoms. The number of benzene rings is 1. The number of H-pyrrole nitrogens is 1. The lowest BCUT2D eigenvalue weighted by atomic mass is 10.2. The molecule has 1 aliphatic heterocycles. The summed E-state index contributed by atoms with van der Waals surface area (Å²) < 4.78 is 6.62. The van der Waals surface area contributed by atoms with E-state index in [0.29, 0.717) is 30.5 Å². The van der Waals surface area contributed by atoms with Crippen LogP contribution in [0.15, 0.2) is 33.9 Å². The molecule has 1 atom stereocenters. The second-order valence-corrected chi connectivity index (χ2v) is 5.62. The lowest BCUT2D eigenvalue weighted by molar-refractivity contribution is -0.139. The van der Waals surface area contributed by atoms with Gasteiger partial charge in [0.25, 0.3) is 11.1 Å². The van der Waals surface area contributed by atoms with Gasteiger partial charge in [0, 0.05) is 13.1 Å². The number of rotatable bonds is 3. The molecule has 1 aromatic heterocycles. The number of ether oxygens (including phenoxy) is 1. The summed E-state index contributed by atoms with van der Waals surface area (Å²) in [7, 11) is 0. The maximum atomic E-state index is 12.4. The monoisotopic (exact) mass is 317 g/mol. The molecule has 1 aromatic carbocycles. The number of aromatic amines is 1. The van der Waals surface area contributed by atoms with E-state index >= 15 is 0 Å². The summed E-state index contributed by atoms with van der Waals surface area (Å²) in [6, 6.07) is 6.58. The molecule has 3 rings (SSSR count). The van der Waals surface area contributed by atoms with Gasteiger partial charge in [-0.2, -0.15) is 0 Å². The second kappa shape index (κ2) is 6.37. The highest BCUT2D eigenvalue weighted by atomic mass is 16.5. The number of hydrogen-bond donors (Lipinski definition) is 1. The summed E-state index contributed by atoms with van der Waals surface area (Å²) in [6.45, 7) is 3.34. The molecule has 2 aromatic rings. The molecular weight excluding hydrogens is 298 g/mol. The zero-order valence-electron chi connectivity index (χ0n) is 12.9. The highest BCUT2D eigenvalue weighted by Crippen LogP contribution is 2.09. The third kappa shape index (κ3) is 3.05. The van der Waals surface area contributed by atoms with Gasteiger partial charge >= 0.3 is 0 Å². The van der Waals surface area contributed by atoms with Crippen LogP contribution in [0, 0.1) is 0 Å². The van der Waals surface area contributed by atoms with E-state index in [1.165, 1.54) is 0 Å². The Labute approximate surface area is 132 Å². The SMILES string of the molecule is CCC1CN(C(=O)Cn2[nH]c(=O)c3ccccc3c2=O)CCO1. The number of carbonyl (C=O) groups excluding carboxylic acids is 1. The first-order valence-electron chi connectivity index (χ1n) is 7.71. The number of nitrogens with zero attached hydrogens (tertiary/aromatic N) is 2. The minimum absolute atomic E-state index is 0.0278. The van der Waals surface area contributed by atoms with Gasteiger partial charge in [0.15, 0.2) is 0 Å². The fourth-order valence-electron chi connectivity index (χ4n) is 2.79. The molecule has 7 nitrogen and oxygen atoms in total. The number of morpholine rings is 1. The summed E-state index contributed by atoms with van der Waals surface area (Å²) in [5.74, 6) is -0.195. The molecule has 2 heterocycles. The lowest BCUT2D eigenvalue weighted by Crippen LogP contribution is -2.47. The number of nitrogens with one attached hydrogen (secondary N) is 1. The third-order valence-electron chi connectivity index (χ3n) is 4.12. The Balaban J connectivity index is 1.87. The predicted octanol–water partition coefficient (Wildman–Crippen LogP) is 0.327.